The summed E-state index contributed by atoms with van der Waals surface area (Å²) in [5.74, 6) is 0. The summed E-state index contributed by atoms with van der Waals surface area (Å²) >= 11 is 1.75. The Morgan fingerprint density at radius 3 is 2.68 bits per heavy atom. The van der Waals surface area contributed by atoms with Gasteiger partial charge in [-0.05, 0) is 30.0 Å². The molecule has 3 nitrogen and oxygen atoms in total. The molecule has 2 aromatic carbocycles. The third kappa shape index (κ3) is 2.41. The minimum absolute atomic E-state index is 0.00214. The van der Waals surface area contributed by atoms with E-state index in [2.05, 4.69) is 54.0 Å². The van der Waals surface area contributed by atoms with Crippen molar-refractivity contribution >= 4 is 17.4 Å². The van der Waals surface area contributed by atoms with Gasteiger partial charge in [0.2, 0.25) is 0 Å². The summed E-state index contributed by atoms with van der Waals surface area (Å²) in [6.07, 6.45) is 2.11. The Labute approximate surface area is 135 Å². The molecule has 1 N–H and O–H groups in total. The van der Waals surface area contributed by atoms with E-state index >= 15 is 0 Å². The van der Waals surface area contributed by atoms with Crippen molar-refractivity contribution in [3.05, 3.63) is 59.7 Å². The normalized spacial score (nSPS) is 26.7. The second-order valence-corrected chi connectivity index (χ2v) is 6.49. The summed E-state index contributed by atoms with van der Waals surface area (Å²) < 4.78 is 12.2. The molecular weight excluding hydrogens is 294 g/mol. The van der Waals surface area contributed by atoms with Crippen LogP contribution < -0.4 is 5.32 Å². The Kier molecular flexibility index (Phi) is 3.82. The van der Waals surface area contributed by atoms with E-state index in [1.54, 1.807) is 11.8 Å². The van der Waals surface area contributed by atoms with Gasteiger partial charge in [-0.3, -0.25) is 0 Å². The molecule has 0 amide bonds. The first-order valence-corrected chi connectivity index (χ1v) is 8.82. The molecule has 2 aliphatic rings. The molecule has 1 saturated heterocycles. The van der Waals surface area contributed by atoms with Crippen LogP contribution >= 0.6 is 11.8 Å². The summed E-state index contributed by atoms with van der Waals surface area (Å²) in [6, 6.07) is 17.1. The standard InChI is InChI=1S/C18H19NO2S/c1-22-13-7-8-15-14(11-13)17-18(21-10-9-20-17)16(19-15)12-5-3-2-4-6-12/h2-8,11,16-19H,9-10H2,1H3/t16-,17+,18-/m0/s1. The van der Waals surface area contributed by atoms with Crippen LogP contribution in [-0.4, -0.2) is 25.6 Å². The van der Waals surface area contributed by atoms with Crippen LogP contribution in [0.5, 0.6) is 0 Å². The Morgan fingerprint density at radius 2 is 1.86 bits per heavy atom. The molecule has 2 aromatic rings. The fourth-order valence-electron chi connectivity index (χ4n) is 3.30. The van der Waals surface area contributed by atoms with E-state index in [0.29, 0.717) is 13.2 Å². The first-order chi connectivity index (χ1) is 10.9. The van der Waals surface area contributed by atoms with Gasteiger partial charge in [-0.1, -0.05) is 30.3 Å². The van der Waals surface area contributed by atoms with Crippen LogP contribution in [0.1, 0.15) is 23.3 Å². The zero-order chi connectivity index (χ0) is 14.9. The molecule has 4 rings (SSSR count). The average molecular weight is 313 g/mol. The van der Waals surface area contributed by atoms with E-state index in [9.17, 15) is 0 Å². The molecule has 0 radical (unpaired) electrons. The number of hydrogen-bond acceptors (Lipinski definition) is 4. The van der Waals surface area contributed by atoms with Crippen LogP contribution in [0.3, 0.4) is 0 Å². The van der Waals surface area contributed by atoms with Crippen molar-refractivity contribution in [1.29, 1.82) is 0 Å². The van der Waals surface area contributed by atoms with Crippen LogP contribution in [-0.2, 0) is 9.47 Å². The summed E-state index contributed by atoms with van der Waals surface area (Å²) in [5, 5.41) is 3.65. The van der Waals surface area contributed by atoms with E-state index in [-0.39, 0.29) is 18.2 Å². The second kappa shape index (κ2) is 5.95. The maximum Gasteiger partial charge on any atom is 0.113 e. The first-order valence-electron chi connectivity index (χ1n) is 7.59. The maximum absolute atomic E-state index is 6.09. The fraction of sp³-hybridized carbons (Fsp3) is 0.333. The molecule has 22 heavy (non-hydrogen) atoms. The molecule has 4 heteroatoms. The van der Waals surface area contributed by atoms with Crippen molar-refractivity contribution in [2.45, 2.75) is 23.1 Å². The van der Waals surface area contributed by atoms with E-state index in [4.69, 9.17) is 9.47 Å². The van der Waals surface area contributed by atoms with Crippen molar-refractivity contribution < 1.29 is 9.47 Å². The fourth-order valence-corrected chi connectivity index (χ4v) is 3.75. The number of ether oxygens (including phenoxy) is 2. The van der Waals surface area contributed by atoms with Gasteiger partial charge < -0.3 is 14.8 Å². The number of benzene rings is 2. The first kappa shape index (κ1) is 14.1. The van der Waals surface area contributed by atoms with Gasteiger partial charge in [-0.15, -0.1) is 11.8 Å². The van der Waals surface area contributed by atoms with Crippen LogP contribution in [0.25, 0.3) is 0 Å². The lowest BCUT2D eigenvalue weighted by atomic mass is 9.88. The van der Waals surface area contributed by atoms with E-state index < -0.39 is 0 Å². The van der Waals surface area contributed by atoms with Crippen LogP contribution in [0, 0.1) is 0 Å². The highest BCUT2D eigenvalue weighted by Gasteiger charge is 2.40. The second-order valence-electron chi connectivity index (χ2n) is 5.61. The Balaban J connectivity index is 1.77. The van der Waals surface area contributed by atoms with Gasteiger partial charge in [-0.2, -0.15) is 0 Å². The van der Waals surface area contributed by atoms with E-state index in [0.717, 1.165) is 5.69 Å². The molecule has 0 unspecified atom stereocenters. The molecule has 114 valence electrons. The largest absolute Gasteiger partial charge is 0.375 e. The minimum Gasteiger partial charge on any atom is -0.375 e. The number of thioether (sulfide) groups is 1. The summed E-state index contributed by atoms with van der Waals surface area (Å²) in [5.41, 5.74) is 3.60. The summed E-state index contributed by atoms with van der Waals surface area (Å²) in [4.78, 5) is 1.26. The van der Waals surface area contributed by atoms with Crippen molar-refractivity contribution in [2.75, 3.05) is 24.8 Å². The lowest BCUT2D eigenvalue weighted by Crippen LogP contribution is -2.43. The highest BCUT2D eigenvalue weighted by atomic mass is 32.2. The minimum atomic E-state index is 0.00214. The van der Waals surface area contributed by atoms with Gasteiger partial charge in [0.05, 0.1) is 19.3 Å². The van der Waals surface area contributed by atoms with Crippen LogP contribution in [0.15, 0.2) is 53.4 Å². The Morgan fingerprint density at radius 1 is 1.05 bits per heavy atom. The highest BCUT2D eigenvalue weighted by Crippen LogP contribution is 2.44. The van der Waals surface area contributed by atoms with Crippen molar-refractivity contribution in [1.82, 2.24) is 0 Å². The number of anilines is 1. The zero-order valence-electron chi connectivity index (χ0n) is 12.5. The molecule has 0 aromatic heterocycles. The molecule has 2 heterocycles. The quantitative estimate of drug-likeness (QED) is 0.848. The number of rotatable bonds is 2. The van der Waals surface area contributed by atoms with Gasteiger partial charge in [0.1, 0.15) is 12.2 Å². The molecule has 0 aliphatic carbocycles. The molecule has 3 atom stereocenters. The topological polar surface area (TPSA) is 30.5 Å². The molecule has 0 bridgehead atoms. The number of nitrogens with one attached hydrogen (secondary N) is 1. The number of fused-ring (bicyclic) bond motifs is 3. The van der Waals surface area contributed by atoms with Crippen molar-refractivity contribution in [3.8, 4) is 0 Å². The Bertz CT molecular complexity index is 661. The third-order valence-corrected chi connectivity index (χ3v) is 5.08. The van der Waals surface area contributed by atoms with Gasteiger partial charge in [0.15, 0.2) is 0 Å². The average Bonchev–Trinajstić information content (AvgIpc) is 2.61. The lowest BCUT2D eigenvalue weighted by Gasteiger charge is -2.43. The van der Waals surface area contributed by atoms with E-state index in [1.165, 1.54) is 16.0 Å². The van der Waals surface area contributed by atoms with Gasteiger partial charge in [0, 0.05) is 16.1 Å². The third-order valence-electron chi connectivity index (χ3n) is 4.35. The molecule has 0 spiro atoms. The predicted molar refractivity (Wildman–Crippen MR) is 89.5 cm³/mol. The SMILES string of the molecule is CSc1ccc2c(c1)[C@H]1OCCO[C@H]1[C@H](c1ccccc1)N2. The molecule has 1 fully saturated rings. The predicted octanol–water partition coefficient (Wildman–Crippen LogP) is 4.03. The van der Waals surface area contributed by atoms with Gasteiger partial charge in [-0.25, -0.2) is 0 Å². The highest BCUT2D eigenvalue weighted by molar-refractivity contribution is 7.98. The number of hydrogen-bond donors (Lipinski definition) is 1. The molecule has 0 saturated carbocycles. The lowest BCUT2D eigenvalue weighted by molar-refractivity contribution is -0.151. The van der Waals surface area contributed by atoms with E-state index in [1.807, 2.05) is 6.07 Å². The Hall–Kier alpha value is -1.49. The van der Waals surface area contributed by atoms with Crippen LogP contribution in [0.4, 0.5) is 5.69 Å². The smallest absolute Gasteiger partial charge is 0.113 e. The monoisotopic (exact) mass is 313 g/mol. The van der Waals surface area contributed by atoms with Crippen molar-refractivity contribution in [2.24, 2.45) is 0 Å². The summed E-state index contributed by atoms with van der Waals surface area (Å²) in [7, 11) is 0. The van der Waals surface area contributed by atoms with Crippen molar-refractivity contribution in [3.63, 3.8) is 0 Å². The van der Waals surface area contributed by atoms with Gasteiger partial charge in [0.25, 0.3) is 0 Å². The zero-order valence-corrected chi connectivity index (χ0v) is 13.3. The molecular formula is C18H19NO2S. The maximum atomic E-state index is 6.09. The summed E-state index contributed by atoms with van der Waals surface area (Å²) in [6.45, 7) is 1.31. The van der Waals surface area contributed by atoms with Gasteiger partial charge >= 0.3 is 0 Å². The molecule has 2 aliphatic heterocycles. The van der Waals surface area contributed by atoms with Crippen LogP contribution in [0.2, 0.25) is 0 Å².